The summed E-state index contributed by atoms with van der Waals surface area (Å²) < 4.78 is 11.5. The maximum absolute atomic E-state index is 13.1. The molecule has 5 heterocycles. The number of hydrogen-bond donors (Lipinski definition) is 2. The fraction of sp³-hybridized carbons (Fsp3) is 0.522. The van der Waals surface area contributed by atoms with Crippen molar-refractivity contribution in [2.24, 2.45) is 0 Å². The zero-order valence-electron chi connectivity index (χ0n) is 35.1. The van der Waals surface area contributed by atoms with Crippen LogP contribution in [-0.2, 0) is 14.9 Å². The lowest BCUT2D eigenvalue weighted by Crippen LogP contribution is -2.36. The number of nitrogens with one attached hydrogen (secondary N) is 2. The summed E-state index contributed by atoms with van der Waals surface area (Å²) in [5.74, 6) is 1.62. The van der Waals surface area contributed by atoms with Gasteiger partial charge in [-0.2, -0.15) is 0 Å². The average Bonchev–Trinajstić information content (AvgIpc) is 3.97. The van der Waals surface area contributed by atoms with Crippen molar-refractivity contribution in [1.82, 2.24) is 29.7 Å². The molecule has 11 nitrogen and oxygen atoms in total. The first-order chi connectivity index (χ1) is 26.9. The van der Waals surface area contributed by atoms with Crippen LogP contribution in [0.5, 0.6) is 0 Å². The van der Waals surface area contributed by atoms with Crippen molar-refractivity contribution < 1.29 is 19.1 Å². The molecule has 3 aliphatic rings. The molecule has 57 heavy (non-hydrogen) atoms. The van der Waals surface area contributed by atoms with Crippen LogP contribution in [0.2, 0.25) is 0 Å². The van der Waals surface area contributed by atoms with E-state index in [-0.39, 0.29) is 41.8 Å². The van der Waals surface area contributed by atoms with E-state index in [1.807, 2.05) is 51.3 Å². The van der Waals surface area contributed by atoms with E-state index in [9.17, 15) is 9.59 Å². The number of imidazole rings is 2. The van der Waals surface area contributed by atoms with Gasteiger partial charge < -0.3 is 24.3 Å². The van der Waals surface area contributed by atoms with Crippen LogP contribution in [-0.4, -0.2) is 66.2 Å². The number of carbonyl (C=O) groups excluding carboxylic acids is 2. The molecule has 0 bridgehead atoms. The number of hydrogen-bond acceptors (Lipinski definition) is 7. The molecule has 2 N–H and O–H groups in total. The molecule has 302 valence electrons. The third-order valence-electron chi connectivity index (χ3n) is 11.6. The maximum Gasteiger partial charge on any atom is 0.410 e. The average molecular weight is 774 g/mol. The molecule has 0 radical (unpaired) electrons. The summed E-state index contributed by atoms with van der Waals surface area (Å²) in [6, 6.07) is 22.3. The van der Waals surface area contributed by atoms with Gasteiger partial charge in [0, 0.05) is 18.8 Å². The Morgan fingerprint density at radius 3 is 1.44 bits per heavy atom. The Balaban J connectivity index is 1.10. The largest absolute Gasteiger partial charge is 0.444 e. The molecule has 0 saturated carbocycles. The molecular weight excluding hydrogens is 715 g/mol. The number of H-pyrrole nitrogens is 2. The number of ether oxygens (including phenoxy) is 2. The zero-order chi connectivity index (χ0) is 40.4. The normalized spacial score (nSPS) is 21.9. The summed E-state index contributed by atoms with van der Waals surface area (Å²) in [5, 5.41) is 0. The predicted octanol–water partition coefficient (Wildman–Crippen LogP) is 11.0. The number of carbonyl (C=O) groups is 2. The maximum atomic E-state index is 13.1. The second kappa shape index (κ2) is 14.4. The van der Waals surface area contributed by atoms with Crippen molar-refractivity contribution in [3.05, 3.63) is 89.0 Å². The Hall–Kier alpha value is -5.06. The van der Waals surface area contributed by atoms with E-state index in [0.29, 0.717) is 13.1 Å². The highest BCUT2D eigenvalue weighted by Crippen LogP contribution is 2.48. The van der Waals surface area contributed by atoms with E-state index >= 15 is 0 Å². The number of anilines is 1. The molecule has 11 heteroatoms. The third-order valence-corrected chi connectivity index (χ3v) is 11.6. The first kappa shape index (κ1) is 38.8. The second-order valence-corrected chi connectivity index (χ2v) is 19.3. The molecule has 0 aliphatic carbocycles. The van der Waals surface area contributed by atoms with Crippen LogP contribution in [0, 0.1) is 0 Å². The van der Waals surface area contributed by atoms with Crippen molar-refractivity contribution >= 4 is 39.9 Å². The smallest absolute Gasteiger partial charge is 0.410 e. The van der Waals surface area contributed by atoms with E-state index in [0.717, 1.165) is 72.2 Å². The van der Waals surface area contributed by atoms with E-state index in [4.69, 9.17) is 19.4 Å². The van der Waals surface area contributed by atoms with Gasteiger partial charge in [0.25, 0.3) is 0 Å². The molecule has 4 atom stereocenters. The summed E-state index contributed by atoms with van der Waals surface area (Å²) in [4.78, 5) is 49.7. The first-order valence-electron chi connectivity index (χ1n) is 20.8. The SMILES string of the molecule is CC(C)(C)OC(=O)N1CCCC1c1nc2ccc(C3CCC(c4ccc5nc(C6CCCN6C(=O)OC(C)(C)C)[nH]c5c4)N3c3ccc(C(C)(C)C)cc3)cc2[nH]1. The second-order valence-electron chi connectivity index (χ2n) is 19.3. The Bertz CT molecular complexity index is 2140. The Morgan fingerprint density at radius 2 is 1.04 bits per heavy atom. The van der Waals surface area contributed by atoms with Gasteiger partial charge in [0.15, 0.2) is 0 Å². The molecule has 0 spiro atoms. The number of nitrogens with zero attached hydrogens (tertiary/aromatic N) is 5. The highest BCUT2D eigenvalue weighted by atomic mass is 16.6. The molecule has 5 aromatic rings. The highest BCUT2D eigenvalue weighted by molar-refractivity contribution is 5.78. The minimum atomic E-state index is -0.557. The molecule has 2 aromatic heterocycles. The van der Waals surface area contributed by atoms with Gasteiger partial charge in [0.2, 0.25) is 0 Å². The van der Waals surface area contributed by atoms with Gasteiger partial charge in [-0.15, -0.1) is 0 Å². The first-order valence-corrected chi connectivity index (χ1v) is 20.8. The standard InChI is InChI=1S/C46H59N7O4/c1-44(2,3)30-16-18-31(19-17-30)53-36(28-14-20-32-34(26-28)49-40(47-32)38-12-10-24-51(38)42(54)56-45(4,5)6)22-23-37(53)29-15-21-33-35(27-29)50-41(48-33)39-13-11-25-52(39)43(55)57-46(7,8)9/h14-21,26-27,36-39H,10-13,22-25H2,1-9H3,(H,47,49)(H,48,50). The van der Waals surface area contributed by atoms with Crippen LogP contribution >= 0.6 is 0 Å². The van der Waals surface area contributed by atoms with Gasteiger partial charge in [0.05, 0.1) is 46.2 Å². The van der Waals surface area contributed by atoms with E-state index in [1.54, 1.807) is 0 Å². The molecule has 2 amide bonds. The summed E-state index contributed by atoms with van der Waals surface area (Å²) in [6.07, 6.45) is 4.90. The molecular formula is C46H59N7O4. The lowest BCUT2D eigenvalue weighted by atomic mass is 9.87. The number of fused-ring (bicyclic) bond motifs is 2. The number of likely N-dealkylation sites (tertiary alicyclic amines) is 2. The topological polar surface area (TPSA) is 120 Å². The Labute approximate surface area is 336 Å². The van der Waals surface area contributed by atoms with Gasteiger partial charge in [-0.25, -0.2) is 19.6 Å². The van der Waals surface area contributed by atoms with Gasteiger partial charge in [-0.1, -0.05) is 45.0 Å². The van der Waals surface area contributed by atoms with Gasteiger partial charge in [0.1, 0.15) is 22.9 Å². The van der Waals surface area contributed by atoms with Crippen LogP contribution < -0.4 is 4.90 Å². The van der Waals surface area contributed by atoms with Crippen molar-refractivity contribution in [1.29, 1.82) is 0 Å². The Kier molecular flexibility index (Phi) is 9.80. The fourth-order valence-electron chi connectivity index (χ4n) is 8.96. The number of benzene rings is 3. The van der Waals surface area contributed by atoms with Crippen LogP contribution in [0.1, 0.15) is 153 Å². The molecule has 4 unspecified atom stereocenters. The quantitative estimate of drug-likeness (QED) is 0.182. The summed E-state index contributed by atoms with van der Waals surface area (Å²) in [7, 11) is 0. The van der Waals surface area contributed by atoms with Crippen LogP contribution in [0.4, 0.5) is 15.3 Å². The number of aromatic amines is 2. The van der Waals surface area contributed by atoms with Gasteiger partial charge in [-0.05, 0) is 139 Å². The summed E-state index contributed by atoms with van der Waals surface area (Å²) in [5.41, 5.74) is 7.62. The van der Waals surface area contributed by atoms with E-state index in [1.165, 1.54) is 22.4 Å². The minimum absolute atomic E-state index is 0.0474. The molecule has 3 aromatic carbocycles. The van der Waals surface area contributed by atoms with Crippen LogP contribution in [0.15, 0.2) is 60.7 Å². The number of rotatable bonds is 5. The van der Waals surface area contributed by atoms with Gasteiger partial charge >= 0.3 is 12.2 Å². The van der Waals surface area contributed by atoms with Crippen molar-refractivity contribution in [2.45, 2.75) is 142 Å². The number of amides is 2. The summed E-state index contributed by atoms with van der Waals surface area (Å²) >= 11 is 0. The van der Waals surface area contributed by atoms with Crippen LogP contribution in [0.3, 0.4) is 0 Å². The van der Waals surface area contributed by atoms with Crippen molar-refractivity contribution in [2.75, 3.05) is 18.0 Å². The minimum Gasteiger partial charge on any atom is -0.444 e. The van der Waals surface area contributed by atoms with Gasteiger partial charge in [-0.3, -0.25) is 9.80 Å². The van der Waals surface area contributed by atoms with Crippen LogP contribution in [0.25, 0.3) is 22.1 Å². The predicted molar refractivity (Wildman–Crippen MR) is 224 cm³/mol. The number of aromatic nitrogens is 4. The lowest BCUT2D eigenvalue weighted by Gasteiger charge is -2.34. The van der Waals surface area contributed by atoms with E-state index in [2.05, 4.69) is 96.3 Å². The molecule has 3 aliphatic heterocycles. The zero-order valence-corrected chi connectivity index (χ0v) is 35.1. The van der Waals surface area contributed by atoms with Crippen molar-refractivity contribution in [3.63, 3.8) is 0 Å². The lowest BCUT2D eigenvalue weighted by molar-refractivity contribution is 0.0208. The van der Waals surface area contributed by atoms with Crippen molar-refractivity contribution in [3.8, 4) is 0 Å². The Morgan fingerprint density at radius 1 is 0.596 bits per heavy atom. The summed E-state index contributed by atoms with van der Waals surface area (Å²) in [6.45, 7) is 19.5. The monoisotopic (exact) mass is 773 g/mol. The highest BCUT2D eigenvalue weighted by Gasteiger charge is 2.39. The third kappa shape index (κ3) is 7.94. The molecule has 3 fully saturated rings. The molecule has 3 saturated heterocycles. The fourth-order valence-corrected chi connectivity index (χ4v) is 8.96. The molecule has 8 rings (SSSR count). The van der Waals surface area contributed by atoms with E-state index < -0.39 is 11.2 Å².